The van der Waals surface area contributed by atoms with Crippen molar-refractivity contribution in [2.45, 2.75) is 38.8 Å². The molecule has 0 bridgehead atoms. The van der Waals surface area contributed by atoms with Crippen LogP contribution in [0.2, 0.25) is 0 Å². The minimum atomic E-state index is 0.407. The minimum absolute atomic E-state index is 0.407. The number of benzene rings is 1. The van der Waals surface area contributed by atoms with Crippen LogP contribution < -0.4 is 5.32 Å². The molecule has 2 rings (SSSR count). The second-order valence-corrected chi connectivity index (χ2v) is 6.27. The number of hydrogen-bond donors (Lipinski definition) is 1. The van der Waals surface area contributed by atoms with E-state index in [2.05, 4.69) is 66.0 Å². The van der Waals surface area contributed by atoms with Gasteiger partial charge in [-0.1, -0.05) is 19.9 Å². The van der Waals surface area contributed by atoms with E-state index in [9.17, 15) is 0 Å². The summed E-state index contributed by atoms with van der Waals surface area (Å²) in [6.45, 7) is 5.35. The van der Waals surface area contributed by atoms with Gasteiger partial charge in [0, 0.05) is 21.9 Å². The van der Waals surface area contributed by atoms with Gasteiger partial charge in [-0.05, 0) is 59.5 Å². The molecule has 0 spiro atoms. The van der Waals surface area contributed by atoms with Crippen LogP contribution >= 0.6 is 22.6 Å². The lowest BCUT2D eigenvalue weighted by Gasteiger charge is -2.33. The lowest BCUT2D eigenvalue weighted by molar-refractivity contribution is -0.0160. The SMILES string of the molecule is CC(C)C1CC(Nc2cccc(I)c2)CCO1. The van der Waals surface area contributed by atoms with Crippen LogP contribution in [-0.4, -0.2) is 18.8 Å². The van der Waals surface area contributed by atoms with Gasteiger partial charge in [-0.3, -0.25) is 0 Å². The average molecular weight is 345 g/mol. The van der Waals surface area contributed by atoms with Gasteiger partial charge in [0.05, 0.1) is 6.10 Å². The van der Waals surface area contributed by atoms with E-state index in [1.807, 2.05) is 0 Å². The van der Waals surface area contributed by atoms with Crippen LogP contribution in [0.5, 0.6) is 0 Å². The van der Waals surface area contributed by atoms with Crippen LogP contribution in [0.3, 0.4) is 0 Å². The van der Waals surface area contributed by atoms with Gasteiger partial charge in [0.1, 0.15) is 0 Å². The standard InChI is InChI=1S/C14H20INO/c1-10(2)14-9-13(6-7-17-14)16-12-5-3-4-11(15)8-12/h3-5,8,10,13-14,16H,6-7,9H2,1-2H3. The molecule has 17 heavy (non-hydrogen) atoms. The van der Waals surface area contributed by atoms with E-state index in [-0.39, 0.29) is 0 Å². The summed E-state index contributed by atoms with van der Waals surface area (Å²) in [6, 6.07) is 9.10. The van der Waals surface area contributed by atoms with Gasteiger partial charge in [-0.25, -0.2) is 0 Å². The first-order chi connectivity index (χ1) is 8.15. The van der Waals surface area contributed by atoms with E-state index in [0.29, 0.717) is 18.1 Å². The second kappa shape index (κ2) is 6.05. The van der Waals surface area contributed by atoms with E-state index in [1.165, 1.54) is 9.26 Å². The molecule has 1 fully saturated rings. The van der Waals surface area contributed by atoms with Gasteiger partial charge in [0.2, 0.25) is 0 Å². The Morgan fingerprint density at radius 3 is 2.94 bits per heavy atom. The smallest absolute Gasteiger partial charge is 0.0617 e. The highest BCUT2D eigenvalue weighted by molar-refractivity contribution is 14.1. The Labute approximate surface area is 117 Å². The lowest BCUT2D eigenvalue weighted by atomic mass is 9.95. The number of anilines is 1. The molecule has 0 amide bonds. The van der Waals surface area contributed by atoms with Crippen molar-refractivity contribution in [3.8, 4) is 0 Å². The summed E-state index contributed by atoms with van der Waals surface area (Å²) in [5.41, 5.74) is 1.23. The molecule has 1 aromatic rings. The molecule has 3 heteroatoms. The number of rotatable bonds is 3. The highest BCUT2D eigenvalue weighted by Crippen LogP contribution is 2.23. The molecule has 0 aliphatic carbocycles. The molecule has 2 nitrogen and oxygen atoms in total. The van der Waals surface area contributed by atoms with Crippen molar-refractivity contribution < 1.29 is 4.74 Å². The molecule has 0 radical (unpaired) electrons. The zero-order valence-corrected chi connectivity index (χ0v) is 12.6. The molecular weight excluding hydrogens is 325 g/mol. The Morgan fingerprint density at radius 1 is 1.41 bits per heavy atom. The maximum absolute atomic E-state index is 5.79. The van der Waals surface area contributed by atoms with Gasteiger partial charge in [-0.15, -0.1) is 0 Å². The summed E-state index contributed by atoms with van der Waals surface area (Å²) in [5, 5.41) is 3.62. The number of ether oxygens (including phenoxy) is 1. The molecule has 2 unspecified atom stereocenters. The van der Waals surface area contributed by atoms with Crippen molar-refractivity contribution in [1.29, 1.82) is 0 Å². The Morgan fingerprint density at radius 2 is 2.24 bits per heavy atom. The largest absolute Gasteiger partial charge is 0.382 e. The zero-order valence-electron chi connectivity index (χ0n) is 10.4. The summed E-state index contributed by atoms with van der Waals surface area (Å²) in [5.74, 6) is 0.607. The molecule has 1 aliphatic rings. The van der Waals surface area contributed by atoms with Crippen molar-refractivity contribution >= 4 is 28.3 Å². The molecule has 1 saturated heterocycles. The van der Waals surface area contributed by atoms with Crippen molar-refractivity contribution in [2.75, 3.05) is 11.9 Å². The van der Waals surface area contributed by atoms with Crippen molar-refractivity contribution in [1.82, 2.24) is 0 Å². The monoisotopic (exact) mass is 345 g/mol. The molecule has 1 heterocycles. The van der Waals surface area contributed by atoms with Crippen LogP contribution in [0, 0.1) is 9.49 Å². The molecule has 2 atom stereocenters. The van der Waals surface area contributed by atoms with Gasteiger partial charge in [-0.2, -0.15) is 0 Å². The van der Waals surface area contributed by atoms with Crippen molar-refractivity contribution in [3.05, 3.63) is 27.8 Å². The first kappa shape index (κ1) is 13.1. The van der Waals surface area contributed by atoms with Gasteiger partial charge in [0.15, 0.2) is 0 Å². The maximum Gasteiger partial charge on any atom is 0.0617 e. The fourth-order valence-corrected chi connectivity index (χ4v) is 2.78. The van der Waals surface area contributed by atoms with Crippen LogP contribution in [0.15, 0.2) is 24.3 Å². The third kappa shape index (κ3) is 3.85. The Kier molecular flexibility index (Phi) is 4.68. The molecule has 1 N–H and O–H groups in total. The Balaban J connectivity index is 1.94. The third-order valence-electron chi connectivity index (χ3n) is 3.25. The molecule has 0 aromatic heterocycles. The summed E-state index contributed by atoms with van der Waals surface area (Å²) in [7, 11) is 0. The molecule has 1 aromatic carbocycles. The highest BCUT2D eigenvalue weighted by Gasteiger charge is 2.24. The maximum atomic E-state index is 5.79. The Hall–Kier alpha value is -0.290. The van der Waals surface area contributed by atoms with Crippen LogP contribution in [0.1, 0.15) is 26.7 Å². The summed E-state index contributed by atoms with van der Waals surface area (Å²) < 4.78 is 7.07. The number of nitrogens with one attached hydrogen (secondary N) is 1. The predicted octanol–water partition coefficient (Wildman–Crippen LogP) is 3.91. The van der Waals surface area contributed by atoms with Crippen molar-refractivity contribution in [2.24, 2.45) is 5.92 Å². The van der Waals surface area contributed by atoms with Gasteiger partial charge in [0.25, 0.3) is 0 Å². The topological polar surface area (TPSA) is 21.3 Å². The molecule has 94 valence electrons. The fraction of sp³-hybridized carbons (Fsp3) is 0.571. The first-order valence-electron chi connectivity index (χ1n) is 6.29. The van der Waals surface area contributed by atoms with Crippen LogP contribution in [0.4, 0.5) is 5.69 Å². The number of hydrogen-bond acceptors (Lipinski definition) is 2. The highest BCUT2D eigenvalue weighted by atomic mass is 127. The minimum Gasteiger partial charge on any atom is -0.382 e. The predicted molar refractivity (Wildman–Crippen MR) is 80.4 cm³/mol. The van der Waals surface area contributed by atoms with E-state index in [0.717, 1.165) is 19.4 Å². The average Bonchev–Trinajstić information content (AvgIpc) is 2.29. The molecular formula is C14H20INO. The normalized spacial score (nSPS) is 24.9. The van der Waals surface area contributed by atoms with E-state index in [1.54, 1.807) is 0 Å². The van der Waals surface area contributed by atoms with Gasteiger partial charge < -0.3 is 10.1 Å². The van der Waals surface area contributed by atoms with Crippen LogP contribution in [0.25, 0.3) is 0 Å². The second-order valence-electron chi connectivity index (χ2n) is 5.03. The lowest BCUT2D eigenvalue weighted by Crippen LogP contribution is -2.36. The van der Waals surface area contributed by atoms with E-state index < -0.39 is 0 Å². The van der Waals surface area contributed by atoms with Crippen molar-refractivity contribution in [3.63, 3.8) is 0 Å². The summed E-state index contributed by atoms with van der Waals surface area (Å²) >= 11 is 2.35. The molecule has 1 aliphatic heterocycles. The van der Waals surface area contributed by atoms with Crippen LogP contribution in [-0.2, 0) is 4.74 Å². The van der Waals surface area contributed by atoms with Gasteiger partial charge >= 0.3 is 0 Å². The number of halogens is 1. The first-order valence-corrected chi connectivity index (χ1v) is 7.36. The fourth-order valence-electron chi connectivity index (χ4n) is 2.24. The zero-order chi connectivity index (χ0) is 12.3. The van der Waals surface area contributed by atoms with E-state index >= 15 is 0 Å². The molecule has 0 saturated carbocycles. The Bertz CT molecular complexity index is 367. The third-order valence-corrected chi connectivity index (χ3v) is 3.93. The summed E-state index contributed by atoms with van der Waals surface area (Å²) in [6.07, 6.45) is 2.63. The quantitative estimate of drug-likeness (QED) is 0.839. The summed E-state index contributed by atoms with van der Waals surface area (Å²) in [4.78, 5) is 0. The van der Waals surface area contributed by atoms with E-state index in [4.69, 9.17) is 4.74 Å².